The van der Waals surface area contributed by atoms with Crippen LogP contribution in [0.1, 0.15) is 21.8 Å². The normalized spacial score (nSPS) is 14.4. The molecule has 7 heteroatoms. The maximum absolute atomic E-state index is 12.5. The van der Waals surface area contributed by atoms with Crippen molar-refractivity contribution in [2.24, 2.45) is 0 Å². The Morgan fingerprint density at radius 1 is 0.968 bits per heavy atom. The third kappa shape index (κ3) is 5.38. The fourth-order valence-electron chi connectivity index (χ4n) is 3.68. The van der Waals surface area contributed by atoms with Crippen molar-refractivity contribution in [2.45, 2.75) is 13.5 Å². The van der Waals surface area contributed by atoms with Crippen molar-refractivity contribution in [3.63, 3.8) is 0 Å². The van der Waals surface area contributed by atoms with Crippen LogP contribution in [0.25, 0.3) is 11.1 Å². The van der Waals surface area contributed by atoms with Crippen LogP contribution in [0.15, 0.2) is 65.2 Å². The van der Waals surface area contributed by atoms with Gasteiger partial charge < -0.3 is 14.7 Å². The molecule has 0 spiro atoms. The lowest BCUT2D eigenvalue weighted by Crippen LogP contribution is -2.50. The number of benzene rings is 2. The number of aromatic nitrogens is 1. The molecule has 2 heterocycles. The van der Waals surface area contributed by atoms with Crippen LogP contribution >= 0.6 is 0 Å². The second-order valence-electron chi connectivity index (χ2n) is 7.72. The summed E-state index contributed by atoms with van der Waals surface area (Å²) < 4.78 is 5.26. The Labute approximate surface area is 181 Å². The van der Waals surface area contributed by atoms with E-state index >= 15 is 0 Å². The largest absolute Gasteiger partial charge is 0.360 e. The first-order chi connectivity index (χ1) is 15.1. The van der Waals surface area contributed by atoms with Gasteiger partial charge >= 0.3 is 0 Å². The minimum atomic E-state index is -0.243. The van der Waals surface area contributed by atoms with Crippen LogP contribution in [-0.4, -0.2) is 59.5 Å². The average molecular weight is 418 g/mol. The summed E-state index contributed by atoms with van der Waals surface area (Å²) in [5.41, 5.74) is 3.56. The second kappa shape index (κ2) is 9.57. The quantitative estimate of drug-likeness (QED) is 0.666. The standard InChI is InChI=1S/C24H26N4O3/c1-18-15-22(31-26-18)17-27-11-13-28(14-12-27)23(29)16-25-24(30)21-9-7-20(8-10-21)19-5-3-2-4-6-19/h2-10,15H,11-14,16-17H2,1H3,(H,25,30). The molecule has 160 valence electrons. The summed E-state index contributed by atoms with van der Waals surface area (Å²) in [6, 6.07) is 19.3. The van der Waals surface area contributed by atoms with Gasteiger partial charge in [-0.3, -0.25) is 14.5 Å². The van der Waals surface area contributed by atoms with Crippen molar-refractivity contribution in [2.75, 3.05) is 32.7 Å². The predicted molar refractivity (Wildman–Crippen MR) is 117 cm³/mol. The summed E-state index contributed by atoms with van der Waals surface area (Å²) in [4.78, 5) is 29.0. The van der Waals surface area contributed by atoms with E-state index < -0.39 is 0 Å². The molecule has 1 fully saturated rings. The lowest BCUT2D eigenvalue weighted by molar-refractivity contribution is -0.131. The highest BCUT2D eigenvalue weighted by Crippen LogP contribution is 2.19. The molecule has 7 nitrogen and oxygen atoms in total. The van der Waals surface area contributed by atoms with E-state index in [1.54, 1.807) is 17.0 Å². The van der Waals surface area contributed by atoms with E-state index in [0.717, 1.165) is 35.7 Å². The Kier molecular flexibility index (Phi) is 6.43. The molecule has 0 aliphatic carbocycles. The molecule has 4 rings (SSSR count). The van der Waals surface area contributed by atoms with Crippen LogP contribution in [0, 0.1) is 6.92 Å². The molecule has 1 aromatic heterocycles. The zero-order valence-corrected chi connectivity index (χ0v) is 17.6. The van der Waals surface area contributed by atoms with E-state index in [-0.39, 0.29) is 18.4 Å². The van der Waals surface area contributed by atoms with E-state index in [4.69, 9.17) is 4.52 Å². The van der Waals surface area contributed by atoms with E-state index in [1.165, 1.54) is 0 Å². The number of amides is 2. The Morgan fingerprint density at radius 2 is 1.65 bits per heavy atom. The van der Waals surface area contributed by atoms with Gasteiger partial charge in [-0.25, -0.2) is 0 Å². The number of nitrogens with zero attached hydrogens (tertiary/aromatic N) is 3. The first kappa shape index (κ1) is 20.8. The first-order valence-corrected chi connectivity index (χ1v) is 10.4. The first-order valence-electron chi connectivity index (χ1n) is 10.4. The lowest BCUT2D eigenvalue weighted by atomic mass is 10.0. The molecule has 2 amide bonds. The lowest BCUT2D eigenvalue weighted by Gasteiger charge is -2.34. The van der Waals surface area contributed by atoms with Crippen molar-refractivity contribution in [1.82, 2.24) is 20.3 Å². The number of aryl methyl sites for hydroxylation is 1. The Morgan fingerprint density at radius 3 is 2.29 bits per heavy atom. The van der Waals surface area contributed by atoms with E-state index in [1.807, 2.05) is 55.5 Å². The van der Waals surface area contributed by atoms with Gasteiger partial charge in [-0.1, -0.05) is 47.6 Å². The molecule has 2 aromatic carbocycles. The molecule has 1 N–H and O–H groups in total. The fourth-order valence-corrected chi connectivity index (χ4v) is 3.68. The highest BCUT2D eigenvalue weighted by Gasteiger charge is 2.22. The van der Waals surface area contributed by atoms with Crippen LogP contribution in [0.4, 0.5) is 0 Å². The predicted octanol–water partition coefficient (Wildman–Crippen LogP) is 2.72. The minimum absolute atomic E-state index is 0.000564. The number of carbonyl (C=O) groups is 2. The minimum Gasteiger partial charge on any atom is -0.360 e. The average Bonchev–Trinajstić information content (AvgIpc) is 3.23. The summed E-state index contributed by atoms with van der Waals surface area (Å²) >= 11 is 0. The monoisotopic (exact) mass is 418 g/mol. The maximum Gasteiger partial charge on any atom is 0.251 e. The molecule has 0 unspecified atom stereocenters. The molecule has 1 aliphatic heterocycles. The SMILES string of the molecule is Cc1cc(CN2CCN(C(=O)CNC(=O)c3ccc(-c4ccccc4)cc3)CC2)on1. The zero-order chi connectivity index (χ0) is 21.6. The van der Waals surface area contributed by atoms with Gasteiger partial charge in [0.1, 0.15) is 0 Å². The molecule has 1 aliphatic rings. The molecule has 0 saturated carbocycles. The molecule has 0 bridgehead atoms. The van der Waals surface area contributed by atoms with E-state index in [2.05, 4.69) is 15.4 Å². The highest BCUT2D eigenvalue weighted by atomic mass is 16.5. The Bertz CT molecular complexity index is 1020. The van der Waals surface area contributed by atoms with E-state index in [0.29, 0.717) is 25.2 Å². The molecule has 0 atom stereocenters. The summed E-state index contributed by atoms with van der Waals surface area (Å²) in [6.07, 6.45) is 0. The van der Waals surface area contributed by atoms with Crippen molar-refractivity contribution in [3.05, 3.63) is 77.7 Å². The number of carbonyl (C=O) groups excluding carboxylic acids is 2. The van der Waals surface area contributed by atoms with Gasteiger partial charge in [-0.2, -0.15) is 0 Å². The number of rotatable bonds is 6. The summed E-state index contributed by atoms with van der Waals surface area (Å²) in [7, 11) is 0. The van der Waals surface area contributed by atoms with Crippen molar-refractivity contribution in [1.29, 1.82) is 0 Å². The van der Waals surface area contributed by atoms with E-state index in [9.17, 15) is 9.59 Å². The fraction of sp³-hybridized carbons (Fsp3) is 0.292. The molecular formula is C24H26N4O3. The number of hydrogen-bond donors (Lipinski definition) is 1. The van der Waals surface area contributed by atoms with Crippen LogP contribution in [0.3, 0.4) is 0 Å². The highest BCUT2D eigenvalue weighted by molar-refractivity contribution is 5.96. The third-order valence-electron chi connectivity index (χ3n) is 5.44. The van der Waals surface area contributed by atoms with Gasteiger partial charge in [0.05, 0.1) is 18.8 Å². The molecule has 0 radical (unpaired) electrons. The van der Waals surface area contributed by atoms with Gasteiger partial charge in [0.15, 0.2) is 5.76 Å². The maximum atomic E-state index is 12.5. The Hall–Kier alpha value is -3.45. The van der Waals surface area contributed by atoms with Gasteiger partial charge in [0.2, 0.25) is 5.91 Å². The molecular weight excluding hydrogens is 392 g/mol. The van der Waals surface area contributed by atoms with Gasteiger partial charge in [-0.05, 0) is 30.2 Å². The van der Waals surface area contributed by atoms with Crippen LogP contribution in [0.2, 0.25) is 0 Å². The number of piperazine rings is 1. The molecule has 1 saturated heterocycles. The summed E-state index contributed by atoms with van der Waals surface area (Å²) in [5.74, 6) is 0.527. The van der Waals surface area contributed by atoms with Crippen LogP contribution in [0.5, 0.6) is 0 Å². The smallest absolute Gasteiger partial charge is 0.251 e. The van der Waals surface area contributed by atoms with Crippen molar-refractivity contribution < 1.29 is 14.1 Å². The van der Waals surface area contributed by atoms with Gasteiger partial charge in [-0.15, -0.1) is 0 Å². The number of nitrogens with one attached hydrogen (secondary N) is 1. The summed E-state index contributed by atoms with van der Waals surface area (Å²) in [5, 5.41) is 6.65. The zero-order valence-electron chi connectivity index (χ0n) is 17.6. The van der Waals surface area contributed by atoms with Crippen LogP contribution < -0.4 is 5.32 Å². The van der Waals surface area contributed by atoms with Gasteiger partial charge in [0.25, 0.3) is 5.91 Å². The molecule has 31 heavy (non-hydrogen) atoms. The Balaban J connectivity index is 1.23. The van der Waals surface area contributed by atoms with Gasteiger partial charge in [0, 0.05) is 37.8 Å². The number of hydrogen-bond acceptors (Lipinski definition) is 5. The van der Waals surface area contributed by atoms with Crippen molar-refractivity contribution in [3.8, 4) is 11.1 Å². The summed E-state index contributed by atoms with van der Waals surface area (Å²) in [6.45, 7) is 5.39. The topological polar surface area (TPSA) is 78.7 Å². The van der Waals surface area contributed by atoms with Crippen molar-refractivity contribution >= 4 is 11.8 Å². The second-order valence-corrected chi connectivity index (χ2v) is 7.72. The third-order valence-corrected chi connectivity index (χ3v) is 5.44. The van der Waals surface area contributed by atoms with Crippen LogP contribution in [-0.2, 0) is 11.3 Å². The molecule has 3 aromatic rings.